The molecule has 3 nitrogen and oxygen atoms in total. The molecular formula is C14H17F3N2OS. The summed E-state index contributed by atoms with van der Waals surface area (Å²) in [7, 11) is 0. The molecule has 0 radical (unpaired) electrons. The molecule has 2 rings (SSSR count). The molecule has 1 amide bonds. The Morgan fingerprint density at radius 3 is 2.57 bits per heavy atom. The van der Waals surface area contributed by atoms with E-state index in [1.165, 1.54) is 6.07 Å². The Hall–Kier alpha value is -1.37. The molecule has 0 aromatic heterocycles. The highest BCUT2D eigenvalue weighted by Gasteiger charge is 2.30. The lowest BCUT2D eigenvalue weighted by Gasteiger charge is -2.13. The van der Waals surface area contributed by atoms with Gasteiger partial charge < -0.3 is 11.1 Å². The third-order valence-electron chi connectivity index (χ3n) is 3.42. The smallest absolute Gasteiger partial charge is 0.398 e. The number of nitrogens with one attached hydrogen (secondary N) is 1. The topological polar surface area (TPSA) is 55.1 Å². The van der Waals surface area contributed by atoms with Gasteiger partial charge in [-0.1, -0.05) is 12.8 Å². The van der Waals surface area contributed by atoms with Crippen molar-refractivity contribution >= 4 is 23.4 Å². The van der Waals surface area contributed by atoms with E-state index in [1.54, 1.807) is 0 Å². The van der Waals surface area contributed by atoms with Gasteiger partial charge in [-0.05, 0) is 31.0 Å². The van der Waals surface area contributed by atoms with Crippen LogP contribution in [-0.2, 0) is 11.0 Å². The molecule has 1 aromatic carbocycles. The standard InChI is InChI=1S/C14H17F3N2OS/c15-14(16,17)9-5-6-12(11(18)7-9)21-8-13(20)19-10-3-1-2-4-10/h5-7,10H,1-4,8,18H2,(H,19,20). The van der Waals surface area contributed by atoms with E-state index in [9.17, 15) is 18.0 Å². The summed E-state index contributed by atoms with van der Waals surface area (Å²) >= 11 is 1.15. The molecular weight excluding hydrogens is 301 g/mol. The maximum Gasteiger partial charge on any atom is 0.416 e. The Labute approximate surface area is 125 Å². The fraction of sp³-hybridized carbons (Fsp3) is 0.500. The molecule has 1 aliphatic carbocycles. The minimum atomic E-state index is -4.41. The summed E-state index contributed by atoms with van der Waals surface area (Å²) in [5, 5.41) is 2.92. The monoisotopic (exact) mass is 318 g/mol. The fourth-order valence-electron chi connectivity index (χ4n) is 2.34. The van der Waals surface area contributed by atoms with E-state index in [0.717, 1.165) is 49.6 Å². The van der Waals surface area contributed by atoms with Crippen molar-refractivity contribution in [3.63, 3.8) is 0 Å². The number of alkyl halides is 3. The van der Waals surface area contributed by atoms with E-state index in [4.69, 9.17) is 5.73 Å². The first-order chi connectivity index (χ1) is 9.86. The average Bonchev–Trinajstić information content (AvgIpc) is 2.89. The maximum atomic E-state index is 12.5. The Balaban J connectivity index is 1.89. The van der Waals surface area contributed by atoms with Crippen LogP contribution in [0.25, 0.3) is 0 Å². The zero-order valence-corrected chi connectivity index (χ0v) is 12.2. The van der Waals surface area contributed by atoms with Crippen molar-refractivity contribution in [2.75, 3.05) is 11.5 Å². The number of hydrogen-bond acceptors (Lipinski definition) is 3. The number of carbonyl (C=O) groups excluding carboxylic acids is 1. The van der Waals surface area contributed by atoms with Gasteiger partial charge in [0.15, 0.2) is 0 Å². The Morgan fingerprint density at radius 2 is 2.00 bits per heavy atom. The highest BCUT2D eigenvalue weighted by atomic mass is 32.2. The SMILES string of the molecule is Nc1cc(C(F)(F)F)ccc1SCC(=O)NC1CCCC1. The van der Waals surface area contributed by atoms with Crippen LogP contribution in [0.5, 0.6) is 0 Å². The van der Waals surface area contributed by atoms with Crippen molar-refractivity contribution in [3.05, 3.63) is 23.8 Å². The minimum absolute atomic E-state index is 0.0449. The number of nitrogens with two attached hydrogens (primary N) is 1. The van der Waals surface area contributed by atoms with Crippen LogP contribution in [0.15, 0.2) is 23.1 Å². The van der Waals surface area contributed by atoms with E-state index in [0.29, 0.717) is 4.90 Å². The summed E-state index contributed by atoms with van der Waals surface area (Å²) in [5.74, 6) is 0.0534. The molecule has 7 heteroatoms. The molecule has 1 fully saturated rings. The summed E-state index contributed by atoms with van der Waals surface area (Å²) in [6.45, 7) is 0. The number of benzene rings is 1. The molecule has 21 heavy (non-hydrogen) atoms. The van der Waals surface area contributed by atoms with Gasteiger partial charge in [-0.15, -0.1) is 11.8 Å². The highest BCUT2D eigenvalue weighted by molar-refractivity contribution is 8.00. The largest absolute Gasteiger partial charge is 0.416 e. The highest BCUT2D eigenvalue weighted by Crippen LogP contribution is 2.34. The second-order valence-electron chi connectivity index (χ2n) is 5.09. The predicted molar refractivity (Wildman–Crippen MR) is 77.0 cm³/mol. The van der Waals surface area contributed by atoms with Crippen LogP contribution >= 0.6 is 11.8 Å². The lowest BCUT2D eigenvalue weighted by molar-refractivity contribution is -0.137. The van der Waals surface area contributed by atoms with Gasteiger partial charge in [0.2, 0.25) is 5.91 Å². The van der Waals surface area contributed by atoms with E-state index in [2.05, 4.69) is 5.32 Å². The van der Waals surface area contributed by atoms with E-state index < -0.39 is 11.7 Å². The molecule has 0 spiro atoms. The minimum Gasteiger partial charge on any atom is -0.398 e. The van der Waals surface area contributed by atoms with Crippen LogP contribution in [0.1, 0.15) is 31.2 Å². The van der Waals surface area contributed by atoms with Crippen LogP contribution in [0.3, 0.4) is 0 Å². The molecule has 0 saturated heterocycles. The van der Waals surface area contributed by atoms with Crippen LogP contribution in [0.4, 0.5) is 18.9 Å². The number of hydrogen-bond donors (Lipinski definition) is 2. The number of halogens is 3. The fourth-order valence-corrected chi connectivity index (χ4v) is 3.10. The zero-order valence-electron chi connectivity index (χ0n) is 11.4. The quantitative estimate of drug-likeness (QED) is 0.660. The number of amides is 1. The summed E-state index contributed by atoms with van der Waals surface area (Å²) in [6.07, 6.45) is -0.150. The van der Waals surface area contributed by atoms with E-state index in [1.807, 2.05) is 0 Å². The lowest BCUT2D eigenvalue weighted by Crippen LogP contribution is -2.33. The van der Waals surface area contributed by atoms with Gasteiger partial charge in [0.25, 0.3) is 0 Å². The first-order valence-electron chi connectivity index (χ1n) is 6.75. The second-order valence-corrected chi connectivity index (χ2v) is 6.11. The van der Waals surface area contributed by atoms with Gasteiger partial charge in [0.05, 0.1) is 11.3 Å². The van der Waals surface area contributed by atoms with E-state index >= 15 is 0 Å². The van der Waals surface area contributed by atoms with Crippen molar-refractivity contribution in [2.45, 2.75) is 42.8 Å². The first kappa shape index (κ1) is 16.0. The average molecular weight is 318 g/mol. The van der Waals surface area contributed by atoms with Gasteiger partial charge in [-0.3, -0.25) is 4.79 Å². The van der Waals surface area contributed by atoms with Crippen molar-refractivity contribution in [1.82, 2.24) is 5.32 Å². The van der Waals surface area contributed by atoms with Crippen molar-refractivity contribution in [1.29, 1.82) is 0 Å². The Morgan fingerprint density at radius 1 is 1.33 bits per heavy atom. The van der Waals surface area contributed by atoms with E-state index in [-0.39, 0.29) is 23.4 Å². The van der Waals surface area contributed by atoms with Crippen molar-refractivity contribution in [2.24, 2.45) is 0 Å². The number of carbonyl (C=O) groups is 1. The molecule has 0 unspecified atom stereocenters. The van der Waals surface area contributed by atoms with Crippen LogP contribution in [0.2, 0.25) is 0 Å². The summed E-state index contributed by atoms with van der Waals surface area (Å²) in [4.78, 5) is 12.2. The third kappa shape index (κ3) is 4.56. The first-order valence-corrected chi connectivity index (χ1v) is 7.73. The second kappa shape index (κ2) is 6.60. The van der Waals surface area contributed by atoms with Gasteiger partial charge >= 0.3 is 6.18 Å². The Bertz CT molecular complexity index is 513. The van der Waals surface area contributed by atoms with Crippen LogP contribution < -0.4 is 11.1 Å². The molecule has 0 aliphatic heterocycles. The van der Waals surface area contributed by atoms with Crippen LogP contribution in [-0.4, -0.2) is 17.7 Å². The molecule has 1 saturated carbocycles. The van der Waals surface area contributed by atoms with Crippen molar-refractivity contribution in [3.8, 4) is 0 Å². The maximum absolute atomic E-state index is 12.5. The Kier molecular flexibility index (Phi) is 5.03. The van der Waals surface area contributed by atoms with Crippen LogP contribution in [0, 0.1) is 0 Å². The number of anilines is 1. The normalized spacial score (nSPS) is 16.1. The number of rotatable bonds is 4. The summed E-state index contributed by atoms with van der Waals surface area (Å²) in [5.41, 5.74) is 4.88. The van der Waals surface area contributed by atoms with Gasteiger partial charge in [0, 0.05) is 16.6 Å². The van der Waals surface area contributed by atoms with Gasteiger partial charge in [-0.2, -0.15) is 13.2 Å². The number of nitrogen functional groups attached to an aromatic ring is 1. The summed E-state index contributed by atoms with van der Waals surface area (Å²) in [6, 6.07) is 3.43. The third-order valence-corrected chi connectivity index (χ3v) is 4.51. The predicted octanol–water partition coefficient (Wildman–Crippen LogP) is 3.44. The molecule has 0 atom stereocenters. The van der Waals surface area contributed by atoms with Gasteiger partial charge in [-0.25, -0.2) is 0 Å². The molecule has 3 N–H and O–H groups in total. The molecule has 0 bridgehead atoms. The van der Waals surface area contributed by atoms with Crippen molar-refractivity contribution < 1.29 is 18.0 Å². The lowest BCUT2D eigenvalue weighted by atomic mass is 10.2. The molecule has 1 aliphatic rings. The molecule has 1 aromatic rings. The van der Waals surface area contributed by atoms with Gasteiger partial charge in [0.1, 0.15) is 0 Å². The number of thioether (sulfide) groups is 1. The summed E-state index contributed by atoms with van der Waals surface area (Å²) < 4.78 is 37.5. The zero-order chi connectivity index (χ0) is 15.5. The molecule has 116 valence electrons. The molecule has 0 heterocycles.